The number of nitrogens with zero attached hydrogens (tertiary/aromatic N) is 1. The molecule has 1 aliphatic rings. The van der Waals surface area contributed by atoms with Gasteiger partial charge in [-0.2, -0.15) is 0 Å². The lowest BCUT2D eigenvalue weighted by Crippen LogP contribution is -2.43. The van der Waals surface area contributed by atoms with Crippen LogP contribution >= 0.6 is 0 Å². The van der Waals surface area contributed by atoms with Crippen LogP contribution in [0.2, 0.25) is 0 Å². The number of nitrogens with one attached hydrogen (secondary N) is 1. The van der Waals surface area contributed by atoms with Crippen LogP contribution < -0.4 is 5.32 Å². The summed E-state index contributed by atoms with van der Waals surface area (Å²) in [4.78, 5) is 14.5. The van der Waals surface area contributed by atoms with Crippen LogP contribution in [0.15, 0.2) is 24.3 Å². The summed E-state index contributed by atoms with van der Waals surface area (Å²) in [7, 11) is 2.13. The van der Waals surface area contributed by atoms with Crippen LogP contribution in [-0.4, -0.2) is 37.0 Å². The average molecular weight is 274 g/mol. The van der Waals surface area contributed by atoms with Crippen molar-refractivity contribution in [2.24, 2.45) is 0 Å². The summed E-state index contributed by atoms with van der Waals surface area (Å²) in [6, 6.07) is 8.31. The summed E-state index contributed by atoms with van der Waals surface area (Å²) >= 11 is 0. The van der Waals surface area contributed by atoms with Gasteiger partial charge in [-0.15, -0.1) is 0 Å². The maximum absolute atomic E-state index is 12.2. The smallest absolute Gasteiger partial charge is 0.251 e. The third-order valence-corrected chi connectivity index (χ3v) is 4.07. The van der Waals surface area contributed by atoms with E-state index in [1.807, 2.05) is 12.1 Å². The molecule has 20 heavy (non-hydrogen) atoms. The molecule has 1 aromatic carbocycles. The molecular weight excluding hydrogens is 248 g/mol. The Balaban J connectivity index is 1.96. The summed E-state index contributed by atoms with van der Waals surface area (Å²) in [6.07, 6.45) is 2.09. The maximum atomic E-state index is 12.2. The van der Waals surface area contributed by atoms with Gasteiger partial charge >= 0.3 is 0 Å². The second-order valence-electron chi connectivity index (χ2n) is 6.88. The van der Waals surface area contributed by atoms with Gasteiger partial charge in [0.15, 0.2) is 0 Å². The zero-order valence-corrected chi connectivity index (χ0v) is 13.1. The molecule has 0 radical (unpaired) electrons. The first-order valence-corrected chi connectivity index (χ1v) is 7.46. The number of hydrogen-bond acceptors (Lipinski definition) is 2. The Bertz CT molecular complexity index is 451. The third-order valence-electron chi connectivity index (χ3n) is 4.07. The number of amides is 1. The van der Waals surface area contributed by atoms with Crippen LogP contribution in [0.1, 0.15) is 49.5 Å². The van der Waals surface area contributed by atoms with Gasteiger partial charge in [-0.25, -0.2) is 0 Å². The predicted molar refractivity (Wildman–Crippen MR) is 83.1 cm³/mol. The van der Waals surface area contributed by atoms with Gasteiger partial charge in [-0.05, 0) is 56.1 Å². The summed E-state index contributed by atoms with van der Waals surface area (Å²) in [5.74, 6) is 0.0556. The fourth-order valence-corrected chi connectivity index (χ4v) is 2.54. The SMILES string of the molecule is CN1CCC(NC(=O)c2ccc(C(C)(C)C)cc2)CC1. The average Bonchev–Trinajstić information content (AvgIpc) is 2.40. The largest absolute Gasteiger partial charge is 0.349 e. The fraction of sp³-hybridized carbons (Fsp3) is 0.588. The minimum atomic E-state index is 0.0556. The number of hydrogen-bond donors (Lipinski definition) is 1. The summed E-state index contributed by atoms with van der Waals surface area (Å²) < 4.78 is 0. The second-order valence-corrected chi connectivity index (χ2v) is 6.88. The first kappa shape index (κ1) is 15.0. The Morgan fingerprint density at radius 3 is 2.20 bits per heavy atom. The molecule has 0 atom stereocenters. The standard InChI is InChI=1S/C17H26N2O/c1-17(2,3)14-7-5-13(6-8-14)16(20)18-15-9-11-19(4)12-10-15/h5-8,15H,9-12H2,1-4H3,(H,18,20). The highest BCUT2D eigenvalue weighted by molar-refractivity contribution is 5.94. The molecule has 1 heterocycles. The zero-order chi connectivity index (χ0) is 14.8. The Morgan fingerprint density at radius 1 is 1.15 bits per heavy atom. The van der Waals surface area contributed by atoms with E-state index in [4.69, 9.17) is 0 Å². The van der Waals surface area contributed by atoms with Crippen LogP contribution in [0.4, 0.5) is 0 Å². The molecule has 0 unspecified atom stereocenters. The van der Waals surface area contributed by atoms with Crippen LogP contribution in [-0.2, 0) is 5.41 Å². The van der Waals surface area contributed by atoms with Crippen LogP contribution in [0.25, 0.3) is 0 Å². The molecule has 2 rings (SSSR count). The van der Waals surface area contributed by atoms with Gasteiger partial charge in [0.05, 0.1) is 0 Å². The van der Waals surface area contributed by atoms with E-state index >= 15 is 0 Å². The molecule has 0 aromatic heterocycles. The van der Waals surface area contributed by atoms with Crippen molar-refractivity contribution in [2.45, 2.75) is 45.1 Å². The molecule has 1 N–H and O–H groups in total. The quantitative estimate of drug-likeness (QED) is 0.899. The van der Waals surface area contributed by atoms with E-state index in [0.717, 1.165) is 31.5 Å². The van der Waals surface area contributed by atoms with E-state index < -0.39 is 0 Å². The van der Waals surface area contributed by atoms with Crippen molar-refractivity contribution in [3.8, 4) is 0 Å². The summed E-state index contributed by atoms with van der Waals surface area (Å²) in [5.41, 5.74) is 2.15. The lowest BCUT2D eigenvalue weighted by Gasteiger charge is -2.29. The second kappa shape index (κ2) is 5.96. The van der Waals surface area contributed by atoms with E-state index in [-0.39, 0.29) is 11.3 Å². The van der Waals surface area contributed by atoms with Crippen LogP contribution in [0, 0.1) is 0 Å². The Morgan fingerprint density at radius 2 is 1.70 bits per heavy atom. The molecular formula is C17H26N2O. The van der Waals surface area contributed by atoms with E-state index in [9.17, 15) is 4.79 Å². The molecule has 3 heteroatoms. The van der Waals surface area contributed by atoms with Gasteiger partial charge in [-0.1, -0.05) is 32.9 Å². The number of carbonyl (C=O) groups is 1. The van der Waals surface area contributed by atoms with E-state index in [1.54, 1.807) is 0 Å². The van der Waals surface area contributed by atoms with Gasteiger partial charge in [0.25, 0.3) is 5.91 Å². The van der Waals surface area contributed by atoms with Crippen molar-refractivity contribution < 1.29 is 4.79 Å². The van der Waals surface area contributed by atoms with Crippen molar-refractivity contribution in [3.05, 3.63) is 35.4 Å². The number of likely N-dealkylation sites (tertiary alicyclic amines) is 1. The Kier molecular flexibility index (Phi) is 4.48. The number of carbonyl (C=O) groups excluding carboxylic acids is 1. The molecule has 1 fully saturated rings. The predicted octanol–water partition coefficient (Wildman–Crippen LogP) is 2.81. The summed E-state index contributed by atoms with van der Waals surface area (Å²) in [5, 5.41) is 3.15. The number of piperidine rings is 1. The molecule has 3 nitrogen and oxygen atoms in total. The number of rotatable bonds is 2. The molecule has 0 aliphatic carbocycles. The molecule has 1 aliphatic heterocycles. The molecule has 1 saturated heterocycles. The molecule has 1 aromatic rings. The number of benzene rings is 1. The minimum absolute atomic E-state index is 0.0556. The minimum Gasteiger partial charge on any atom is -0.349 e. The topological polar surface area (TPSA) is 32.3 Å². The van der Waals surface area contributed by atoms with Crippen molar-refractivity contribution >= 4 is 5.91 Å². The van der Waals surface area contributed by atoms with Gasteiger partial charge in [-0.3, -0.25) is 4.79 Å². The third kappa shape index (κ3) is 3.83. The Labute approximate surface area is 122 Å². The first-order chi connectivity index (χ1) is 9.36. The maximum Gasteiger partial charge on any atom is 0.251 e. The van der Waals surface area contributed by atoms with Gasteiger partial charge in [0.1, 0.15) is 0 Å². The van der Waals surface area contributed by atoms with Crippen molar-refractivity contribution in [1.82, 2.24) is 10.2 Å². The highest BCUT2D eigenvalue weighted by atomic mass is 16.1. The van der Waals surface area contributed by atoms with E-state index in [2.05, 4.69) is 50.2 Å². The molecule has 0 saturated carbocycles. The van der Waals surface area contributed by atoms with Gasteiger partial charge < -0.3 is 10.2 Å². The molecule has 0 spiro atoms. The fourth-order valence-electron chi connectivity index (χ4n) is 2.54. The Hall–Kier alpha value is -1.35. The molecule has 110 valence electrons. The zero-order valence-electron chi connectivity index (χ0n) is 13.1. The van der Waals surface area contributed by atoms with Crippen molar-refractivity contribution in [3.63, 3.8) is 0 Å². The monoisotopic (exact) mass is 274 g/mol. The van der Waals surface area contributed by atoms with Crippen LogP contribution in [0.5, 0.6) is 0 Å². The van der Waals surface area contributed by atoms with Gasteiger partial charge in [0.2, 0.25) is 0 Å². The summed E-state index contributed by atoms with van der Waals surface area (Å²) in [6.45, 7) is 8.67. The van der Waals surface area contributed by atoms with E-state index in [1.165, 1.54) is 5.56 Å². The lowest BCUT2D eigenvalue weighted by molar-refractivity contribution is 0.0917. The van der Waals surface area contributed by atoms with Crippen molar-refractivity contribution in [1.29, 1.82) is 0 Å². The molecule has 0 bridgehead atoms. The molecule has 1 amide bonds. The van der Waals surface area contributed by atoms with E-state index in [0.29, 0.717) is 6.04 Å². The normalized spacial score (nSPS) is 18.0. The van der Waals surface area contributed by atoms with Crippen LogP contribution in [0.3, 0.4) is 0 Å². The van der Waals surface area contributed by atoms with Crippen molar-refractivity contribution in [2.75, 3.05) is 20.1 Å². The lowest BCUT2D eigenvalue weighted by atomic mass is 9.86. The first-order valence-electron chi connectivity index (χ1n) is 7.46. The highest BCUT2D eigenvalue weighted by Crippen LogP contribution is 2.22. The van der Waals surface area contributed by atoms with Gasteiger partial charge in [0, 0.05) is 11.6 Å². The highest BCUT2D eigenvalue weighted by Gasteiger charge is 2.19.